The van der Waals surface area contributed by atoms with Crippen LogP contribution >= 0.6 is 0 Å². The van der Waals surface area contributed by atoms with Gasteiger partial charge in [-0.15, -0.1) is 0 Å². The molecule has 2 rings (SSSR count). The summed E-state index contributed by atoms with van der Waals surface area (Å²) in [5.74, 6) is -1.04. The molecule has 0 radical (unpaired) electrons. The predicted octanol–water partition coefficient (Wildman–Crippen LogP) is 3.02. The second-order valence-electron chi connectivity index (χ2n) is 5.76. The van der Waals surface area contributed by atoms with Gasteiger partial charge in [-0.25, -0.2) is 4.79 Å². The largest absolute Gasteiger partial charge is 0.463 e. The van der Waals surface area contributed by atoms with Crippen LogP contribution in [0.4, 0.5) is 5.69 Å². The van der Waals surface area contributed by atoms with Crippen LogP contribution < -0.4 is 10.6 Å². The van der Waals surface area contributed by atoms with Crippen molar-refractivity contribution in [3.63, 3.8) is 0 Å². The van der Waals surface area contributed by atoms with Gasteiger partial charge >= 0.3 is 5.97 Å². The number of esters is 1. The molecule has 0 bridgehead atoms. The summed E-state index contributed by atoms with van der Waals surface area (Å²) < 4.78 is 4.81. The Hall–Kier alpha value is -3.41. The van der Waals surface area contributed by atoms with Crippen molar-refractivity contribution in [3.8, 4) is 0 Å². The fourth-order valence-corrected chi connectivity index (χ4v) is 2.22. The van der Waals surface area contributed by atoms with Gasteiger partial charge in [-0.05, 0) is 49.8 Å². The molecule has 6 heteroatoms. The summed E-state index contributed by atoms with van der Waals surface area (Å²) in [5.41, 5.74) is 1.88. The van der Waals surface area contributed by atoms with E-state index in [1.165, 1.54) is 6.08 Å². The van der Waals surface area contributed by atoms with Crippen LogP contribution in [0.2, 0.25) is 0 Å². The topological polar surface area (TPSA) is 84.5 Å². The Kier molecular flexibility index (Phi) is 7.31. The fraction of sp³-hybridized carbons (Fsp3) is 0.190. The molecule has 0 aliphatic heterocycles. The van der Waals surface area contributed by atoms with Crippen LogP contribution in [0.25, 0.3) is 6.08 Å². The number of hydrogen-bond acceptors (Lipinski definition) is 4. The number of hydrogen-bond donors (Lipinski definition) is 2. The summed E-state index contributed by atoms with van der Waals surface area (Å²) in [7, 11) is 0. The van der Waals surface area contributed by atoms with E-state index in [2.05, 4.69) is 10.6 Å². The molecular weight excluding hydrogens is 344 g/mol. The number of rotatable bonds is 7. The number of nitrogens with one attached hydrogen (secondary N) is 2. The molecular formula is C21H22N2O4. The van der Waals surface area contributed by atoms with Crippen LogP contribution in [0.3, 0.4) is 0 Å². The van der Waals surface area contributed by atoms with E-state index >= 15 is 0 Å². The molecule has 6 nitrogen and oxygen atoms in total. The number of ether oxygens (including phenoxy) is 1. The Morgan fingerprint density at radius 3 is 2.33 bits per heavy atom. The first-order valence-electron chi connectivity index (χ1n) is 8.61. The van der Waals surface area contributed by atoms with Gasteiger partial charge in [0.2, 0.25) is 5.91 Å². The van der Waals surface area contributed by atoms with Crippen molar-refractivity contribution >= 4 is 29.5 Å². The average Bonchev–Trinajstić information content (AvgIpc) is 2.68. The summed E-state index contributed by atoms with van der Waals surface area (Å²) in [6, 6.07) is 15.0. The molecule has 0 aromatic heterocycles. The summed E-state index contributed by atoms with van der Waals surface area (Å²) in [6.45, 7) is 3.69. The third-order valence-electron chi connectivity index (χ3n) is 3.65. The molecule has 2 N–H and O–H groups in total. The van der Waals surface area contributed by atoms with E-state index in [9.17, 15) is 14.4 Å². The van der Waals surface area contributed by atoms with Crippen molar-refractivity contribution in [1.29, 1.82) is 0 Å². The SMILES string of the molecule is CCOC(=O)C=Cc1ccc(NC(=O)C(C)NC(=O)c2ccccc2)cc1. The van der Waals surface area contributed by atoms with Gasteiger partial charge in [0.25, 0.3) is 5.91 Å². The van der Waals surface area contributed by atoms with Gasteiger partial charge in [-0.1, -0.05) is 30.3 Å². The molecule has 0 saturated carbocycles. The first kappa shape index (κ1) is 19.9. The average molecular weight is 366 g/mol. The standard InChI is InChI=1S/C21H22N2O4/c1-3-27-19(24)14-11-16-9-12-18(13-10-16)23-20(25)15(2)22-21(26)17-7-5-4-6-8-17/h4-15H,3H2,1-2H3,(H,22,26)(H,23,25). The van der Waals surface area contributed by atoms with E-state index in [-0.39, 0.29) is 11.8 Å². The van der Waals surface area contributed by atoms with Crippen molar-refractivity contribution in [3.05, 3.63) is 71.8 Å². The maximum atomic E-state index is 12.3. The number of carbonyl (C=O) groups excluding carboxylic acids is 3. The third-order valence-corrected chi connectivity index (χ3v) is 3.65. The molecule has 0 heterocycles. The molecule has 2 amide bonds. The van der Waals surface area contributed by atoms with Crippen molar-refractivity contribution in [2.75, 3.05) is 11.9 Å². The zero-order valence-corrected chi connectivity index (χ0v) is 15.3. The van der Waals surface area contributed by atoms with Crippen molar-refractivity contribution < 1.29 is 19.1 Å². The normalized spacial score (nSPS) is 11.6. The van der Waals surface area contributed by atoms with Crippen molar-refractivity contribution in [2.45, 2.75) is 19.9 Å². The Morgan fingerprint density at radius 2 is 1.70 bits per heavy atom. The lowest BCUT2D eigenvalue weighted by molar-refractivity contribution is -0.137. The van der Waals surface area contributed by atoms with Crippen LogP contribution in [0.1, 0.15) is 29.8 Å². The lowest BCUT2D eigenvalue weighted by atomic mass is 10.1. The van der Waals surface area contributed by atoms with Crippen LogP contribution in [0.5, 0.6) is 0 Å². The van der Waals surface area contributed by atoms with Gasteiger partial charge in [0.1, 0.15) is 6.04 Å². The number of anilines is 1. The predicted molar refractivity (Wildman–Crippen MR) is 104 cm³/mol. The molecule has 0 spiro atoms. The summed E-state index contributed by atoms with van der Waals surface area (Å²) in [6.07, 6.45) is 2.98. The van der Waals surface area contributed by atoms with Gasteiger partial charge < -0.3 is 15.4 Å². The minimum Gasteiger partial charge on any atom is -0.463 e. The fourth-order valence-electron chi connectivity index (χ4n) is 2.22. The van der Waals surface area contributed by atoms with Gasteiger partial charge in [-0.2, -0.15) is 0 Å². The number of benzene rings is 2. The molecule has 2 aromatic rings. The highest BCUT2D eigenvalue weighted by molar-refractivity contribution is 6.01. The molecule has 140 valence electrons. The van der Waals surface area contributed by atoms with E-state index < -0.39 is 12.0 Å². The van der Waals surface area contributed by atoms with Gasteiger partial charge in [0.05, 0.1) is 6.61 Å². The lowest BCUT2D eigenvalue weighted by Crippen LogP contribution is -2.41. The first-order valence-corrected chi connectivity index (χ1v) is 8.61. The van der Waals surface area contributed by atoms with E-state index in [1.54, 1.807) is 68.5 Å². The third kappa shape index (κ3) is 6.43. The Labute approximate surface area is 158 Å². The van der Waals surface area contributed by atoms with Crippen LogP contribution in [-0.2, 0) is 14.3 Å². The van der Waals surface area contributed by atoms with Crippen LogP contribution in [0.15, 0.2) is 60.7 Å². The maximum absolute atomic E-state index is 12.3. The molecule has 2 aromatic carbocycles. The zero-order chi connectivity index (χ0) is 19.6. The van der Waals surface area contributed by atoms with Gasteiger partial charge in [0, 0.05) is 17.3 Å². The van der Waals surface area contributed by atoms with E-state index in [0.29, 0.717) is 17.9 Å². The van der Waals surface area contributed by atoms with Crippen molar-refractivity contribution in [1.82, 2.24) is 5.32 Å². The monoisotopic (exact) mass is 366 g/mol. The van der Waals surface area contributed by atoms with E-state index in [4.69, 9.17) is 4.74 Å². The second-order valence-corrected chi connectivity index (χ2v) is 5.76. The highest BCUT2D eigenvalue weighted by atomic mass is 16.5. The quantitative estimate of drug-likeness (QED) is 0.583. The molecule has 1 atom stereocenters. The minimum absolute atomic E-state index is 0.308. The second kappa shape index (κ2) is 9.91. The number of carbonyl (C=O) groups is 3. The van der Waals surface area contributed by atoms with E-state index in [0.717, 1.165) is 5.56 Å². The number of amides is 2. The Balaban J connectivity index is 1.89. The van der Waals surface area contributed by atoms with Gasteiger partial charge in [0.15, 0.2) is 0 Å². The molecule has 0 fully saturated rings. The molecule has 0 aliphatic carbocycles. The molecule has 0 saturated heterocycles. The van der Waals surface area contributed by atoms with Crippen LogP contribution in [0, 0.1) is 0 Å². The molecule has 27 heavy (non-hydrogen) atoms. The highest BCUT2D eigenvalue weighted by Gasteiger charge is 2.16. The highest BCUT2D eigenvalue weighted by Crippen LogP contribution is 2.11. The van der Waals surface area contributed by atoms with Crippen LogP contribution in [-0.4, -0.2) is 30.4 Å². The summed E-state index contributed by atoms with van der Waals surface area (Å²) >= 11 is 0. The van der Waals surface area contributed by atoms with E-state index in [1.807, 2.05) is 6.07 Å². The lowest BCUT2D eigenvalue weighted by Gasteiger charge is -2.14. The van der Waals surface area contributed by atoms with Gasteiger partial charge in [-0.3, -0.25) is 9.59 Å². The maximum Gasteiger partial charge on any atom is 0.330 e. The minimum atomic E-state index is -0.693. The summed E-state index contributed by atoms with van der Waals surface area (Å²) in [5, 5.41) is 5.40. The zero-order valence-electron chi connectivity index (χ0n) is 15.3. The Morgan fingerprint density at radius 1 is 1.04 bits per heavy atom. The smallest absolute Gasteiger partial charge is 0.330 e. The first-order chi connectivity index (χ1) is 13.0. The summed E-state index contributed by atoms with van der Waals surface area (Å²) in [4.78, 5) is 35.6. The molecule has 0 aliphatic rings. The van der Waals surface area contributed by atoms with Crippen molar-refractivity contribution in [2.24, 2.45) is 0 Å². The molecule has 1 unspecified atom stereocenters. The Bertz CT molecular complexity index is 814.